The van der Waals surface area contributed by atoms with Crippen LogP contribution < -0.4 is 10.6 Å². The maximum atomic E-state index is 13.5. The Hall–Kier alpha value is -1.62. The van der Waals surface area contributed by atoms with Gasteiger partial charge in [0.05, 0.1) is 0 Å². The first-order valence-electron chi connectivity index (χ1n) is 6.08. The molecule has 1 aromatic carbocycles. The second kappa shape index (κ2) is 5.35. The summed E-state index contributed by atoms with van der Waals surface area (Å²) in [5.74, 6) is -1.29. The van der Waals surface area contributed by atoms with Crippen LogP contribution in [0.15, 0.2) is 18.2 Å². The van der Waals surface area contributed by atoms with Crippen LogP contribution in [0.25, 0.3) is 0 Å². The van der Waals surface area contributed by atoms with E-state index < -0.39 is 11.7 Å². The minimum Gasteiger partial charge on any atom is -0.507 e. The van der Waals surface area contributed by atoms with Gasteiger partial charge < -0.3 is 15.7 Å². The smallest absolute Gasteiger partial charge is 0.258 e. The van der Waals surface area contributed by atoms with E-state index in [1.54, 1.807) is 0 Å². The summed E-state index contributed by atoms with van der Waals surface area (Å²) in [6.07, 6.45) is 0.808. The van der Waals surface area contributed by atoms with Gasteiger partial charge in [0.2, 0.25) is 0 Å². The Morgan fingerprint density at radius 3 is 3.00 bits per heavy atom. The highest BCUT2D eigenvalue weighted by atomic mass is 19.1. The van der Waals surface area contributed by atoms with Crippen molar-refractivity contribution in [3.63, 3.8) is 0 Å². The Labute approximate surface area is 105 Å². The molecule has 0 aromatic heterocycles. The Kier molecular flexibility index (Phi) is 3.81. The van der Waals surface area contributed by atoms with Gasteiger partial charge in [-0.2, -0.15) is 0 Å². The molecule has 1 aliphatic heterocycles. The summed E-state index contributed by atoms with van der Waals surface area (Å²) in [5, 5.41) is 15.6. The van der Waals surface area contributed by atoms with Gasteiger partial charge in [0.25, 0.3) is 5.91 Å². The van der Waals surface area contributed by atoms with E-state index >= 15 is 0 Å². The van der Waals surface area contributed by atoms with Gasteiger partial charge in [-0.1, -0.05) is 13.0 Å². The second-order valence-electron chi connectivity index (χ2n) is 4.68. The lowest BCUT2D eigenvalue weighted by molar-refractivity contribution is 0.0907. The van der Waals surface area contributed by atoms with Gasteiger partial charge in [-0.3, -0.25) is 4.79 Å². The van der Waals surface area contributed by atoms with E-state index in [1.165, 1.54) is 18.2 Å². The Morgan fingerprint density at radius 2 is 2.33 bits per heavy atom. The van der Waals surface area contributed by atoms with Crippen molar-refractivity contribution in [2.75, 3.05) is 13.1 Å². The molecule has 2 unspecified atom stereocenters. The summed E-state index contributed by atoms with van der Waals surface area (Å²) in [6.45, 7) is 3.69. The maximum Gasteiger partial charge on any atom is 0.258 e. The predicted octanol–water partition coefficient (Wildman–Crippen LogP) is 1.26. The number of halogens is 1. The van der Waals surface area contributed by atoms with Gasteiger partial charge in [-0.05, 0) is 37.6 Å². The fourth-order valence-corrected chi connectivity index (χ4v) is 2.21. The molecule has 18 heavy (non-hydrogen) atoms. The number of piperidine rings is 1. The first kappa shape index (κ1) is 12.8. The summed E-state index contributed by atoms with van der Waals surface area (Å²) in [7, 11) is 0. The van der Waals surface area contributed by atoms with Crippen molar-refractivity contribution >= 4 is 5.91 Å². The topological polar surface area (TPSA) is 61.4 Å². The van der Waals surface area contributed by atoms with Gasteiger partial charge in [-0.15, -0.1) is 0 Å². The van der Waals surface area contributed by atoms with Gasteiger partial charge in [0.1, 0.15) is 17.1 Å². The molecule has 3 N–H and O–H groups in total. The monoisotopic (exact) mass is 252 g/mol. The number of phenols is 1. The van der Waals surface area contributed by atoms with Gasteiger partial charge in [-0.25, -0.2) is 4.39 Å². The first-order chi connectivity index (χ1) is 8.59. The molecule has 1 saturated heterocycles. The molecule has 1 aromatic rings. The van der Waals surface area contributed by atoms with Crippen molar-refractivity contribution in [3.8, 4) is 5.75 Å². The molecule has 2 atom stereocenters. The lowest BCUT2D eigenvalue weighted by atomic mass is 9.95. The zero-order valence-corrected chi connectivity index (χ0v) is 10.2. The average molecular weight is 252 g/mol. The zero-order valence-electron chi connectivity index (χ0n) is 10.2. The quantitative estimate of drug-likeness (QED) is 0.742. The first-order valence-corrected chi connectivity index (χ1v) is 6.08. The Bertz CT molecular complexity index is 430. The number of hydrogen-bond acceptors (Lipinski definition) is 3. The lowest BCUT2D eigenvalue weighted by Crippen LogP contribution is -2.48. The third kappa shape index (κ3) is 2.61. The number of carbonyl (C=O) groups excluding carboxylic acids is 1. The van der Waals surface area contributed by atoms with Crippen molar-refractivity contribution in [2.45, 2.75) is 19.4 Å². The minimum absolute atomic E-state index is 0.0118. The van der Waals surface area contributed by atoms with Crippen molar-refractivity contribution in [1.82, 2.24) is 10.6 Å². The Balaban J connectivity index is 2.12. The average Bonchev–Trinajstić information content (AvgIpc) is 2.32. The van der Waals surface area contributed by atoms with Crippen LogP contribution in [0.2, 0.25) is 0 Å². The van der Waals surface area contributed by atoms with Crippen molar-refractivity contribution in [2.24, 2.45) is 5.92 Å². The number of aromatic hydroxyl groups is 1. The summed E-state index contributed by atoms with van der Waals surface area (Å²) in [5.41, 5.74) is -0.275. The van der Waals surface area contributed by atoms with Crippen molar-refractivity contribution in [1.29, 1.82) is 0 Å². The molecule has 1 fully saturated rings. The third-order valence-corrected chi connectivity index (χ3v) is 3.32. The zero-order chi connectivity index (χ0) is 13.1. The van der Waals surface area contributed by atoms with Crippen LogP contribution in [-0.4, -0.2) is 30.1 Å². The number of rotatable bonds is 2. The van der Waals surface area contributed by atoms with Crippen LogP contribution in [0.4, 0.5) is 4.39 Å². The van der Waals surface area contributed by atoms with E-state index in [0.29, 0.717) is 0 Å². The summed E-state index contributed by atoms with van der Waals surface area (Å²) in [6, 6.07) is 3.86. The van der Waals surface area contributed by atoms with E-state index in [9.17, 15) is 14.3 Å². The van der Waals surface area contributed by atoms with Gasteiger partial charge in [0, 0.05) is 6.04 Å². The SMILES string of the molecule is CC1CNCCC1NC(=O)c1c(O)cccc1F. The second-order valence-corrected chi connectivity index (χ2v) is 4.68. The molecule has 98 valence electrons. The van der Waals surface area contributed by atoms with Gasteiger partial charge >= 0.3 is 0 Å². The van der Waals surface area contributed by atoms with E-state index in [0.717, 1.165) is 19.5 Å². The van der Waals surface area contributed by atoms with E-state index in [-0.39, 0.29) is 23.3 Å². The third-order valence-electron chi connectivity index (χ3n) is 3.32. The number of nitrogens with one attached hydrogen (secondary N) is 2. The molecular weight excluding hydrogens is 235 g/mol. The minimum atomic E-state index is -0.700. The van der Waals surface area contributed by atoms with Crippen molar-refractivity contribution in [3.05, 3.63) is 29.6 Å². The number of phenolic OH excluding ortho intramolecular Hbond substituents is 1. The highest BCUT2D eigenvalue weighted by Gasteiger charge is 2.25. The molecule has 1 amide bonds. The molecule has 5 heteroatoms. The van der Waals surface area contributed by atoms with Crippen LogP contribution in [0.1, 0.15) is 23.7 Å². The fourth-order valence-electron chi connectivity index (χ4n) is 2.21. The molecule has 2 rings (SSSR count). The molecule has 0 saturated carbocycles. The van der Waals surface area contributed by atoms with E-state index in [1.807, 2.05) is 6.92 Å². The summed E-state index contributed by atoms with van der Waals surface area (Å²) in [4.78, 5) is 12.0. The molecule has 0 aliphatic carbocycles. The highest BCUT2D eigenvalue weighted by molar-refractivity contribution is 5.97. The summed E-state index contributed by atoms with van der Waals surface area (Å²) < 4.78 is 13.5. The molecule has 0 bridgehead atoms. The molecule has 1 aliphatic rings. The van der Waals surface area contributed by atoms with E-state index in [2.05, 4.69) is 10.6 Å². The standard InChI is InChI=1S/C13H17FN2O2/c1-8-7-15-6-5-10(8)16-13(18)12-9(14)3-2-4-11(12)17/h2-4,8,10,15,17H,5-7H2,1H3,(H,16,18). The van der Waals surface area contributed by atoms with Gasteiger partial charge in [0.15, 0.2) is 0 Å². The van der Waals surface area contributed by atoms with Crippen LogP contribution in [-0.2, 0) is 0 Å². The number of amides is 1. The number of carbonyl (C=O) groups is 1. The molecule has 1 heterocycles. The van der Waals surface area contributed by atoms with Crippen LogP contribution in [0, 0.1) is 11.7 Å². The fraction of sp³-hybridized carbons (Fsp3) is 0.462. The predicted molar refractivity (Wildman–Crippen MR) is 66.0 cm³/mol. The normalized spacial score (nSPS) is 23.7. The lowest BCUT2D eigenvalue weighted by Gasteiger charge is -2.30. The summed E-state index contributed by atoms with van der Waals surface area (Å²) >= 11 is 0. The molecular formula is C13H17FN2O2. The molecule has 0 radical (unpaired) electrons. The highest BCUT2D eigenvalue weighted by Crippen LogP contribution is 2.20. The van der Waals surface area contributed by atoms with Crippen molar-refractivity contribution < 1.29 is 14.3 Å². The van der Waals surface area contributed by atoms with Crippen LogP contribution in [0.5, 0.6) is 5.75 Å². The number of hydrogen-bond donors (Lipinski definition) is 3. The largest absolute Gasteiger partial charge is 0.507 e. The number of benzene rings is 1. The maximum absolute atomic E-state index is 13.5. The van der Waals surface area contributed by atoms with Crippen LogP contribution in [0.3, 0.4) is 0 Å². The van der Waals surface area contributed by atoms with E-state index in [4.69, 9.17) is 0 Å². The van der Waals surface area contributed by atoms with Crippen LogP contribution >= 0.6 is 0 Å². The Morgan fingerprint density at radius 1 is 1.56 bits per heavy atom. The molecule has 4 nitrogen and oxygen atoms in total. The molecule has 0 spiro atoms.